The Morgan fingerprint density at radius 1 is 1.67 bits per heavy atom. The summed E-state index contributed by atoms with van der Waals surface area (Å²) in [7, 11) is 0. The van der Waals surface area contributed by atoms with E-state index in [-0.39, 0.29) is 24.2 Å². The smallest absolute Gasteiger partial charge is 0.229 e. The molecule has 1 aromatic rings. The molecule has 0 radical (unpaired) electrons. The van der Waals surface area contributed by atoms with Crippen LogP contribution in [0.15, 0.2) is 6.07 Å². The summed E-state index contributed by atoms with van der Waals surface area (Å²) in [6, 6.07) is 1.99. The van der Waals surface area contributed by atoms with Gasteiger partial charge in [-0.15, -0.1) is 12.4 Å². The normalized spacial score (nSPS) is 15.9. The van der Waals surface area contributed by atoms with Gasteiger partial charge in [-0.25, -0.2) is 0 Å². The second-order valence-corrected chi connectivity index (χ2v) is 4.67. The van der Waals surface area contributed by atoms with E-state index in [0.717, 1.165) is 6.54 Å². The zero-order valence-electron chi connectivity index (χ0n) is 10.8. The minimum Gasteiger partial charge on any atom is -0.330 e. The van der Waals surface area contributed by atoms with E-state index in [4.69, 9.17) is 5.73 Å². The Bertz CT molecular complexity index is 414. The Balaban J connectivity index is 0.00000162. The van der Waals surface area contributed by atoms with E-state index < -0.39 is 0 Å². The van der Waals surface area contributed by atoms with Crippen molar-refractivity contribution in [1.29, 1.82) is 0 Å². The zero-order valence-corrected chi connectivity index (χ0v) is 11.7. The largest absolute Gasteiger partial charge is 0.330 e. The number of carbonyl (C=O) groups excluding carboxylic acids is 1. The van der Waals surface area contributed by atoms with Gasteiger partial charge in [-0.1, -0.05) is 6.92 Å². The fourth-order valence-corrected chi connectivity index (χ4v) is 1.81. The molecular formula is C12H21ClN4O. The summed E-state index contributed by atoms with van der Waals surface area (Å²) in [5, 5.41) is 7.21. The summed E-state index contributed by atoms with van der Waals surface area (Å²) in [4.78, 5) is 11.7. The minimum absolute atomic E-state index is 0. The van der Waals surface area contributed by atoms with Crippen LogP contribution in [0.3, 0.4) is 0 Å². The standard InChI is InChI=1S/C12H20N4O.ClH/c1-3-16-10(9-4-5-9)6-11(15-16)14-12(17)8(2)7-13;/h6,8-9H,3-5,7,13H2,1-2H3,(H,14,15,17);1H. The molecule has 1 aromatic heterocycles. The van der Waals surface area contributed by atoms with Crippen molar-refractivity contribution in [3.8, 4) is 0 Å². The van der Waals surface area contributed by atoms with Gasteiger partial charge >= 0.3 is 0 Å². The van der Waals surface area contributed by atoms with Crippen LogP contribution in [0.5, 0.6) is 0 Å². The highest BCUT2D eigenvalue weighted by Crippen LogP contribution is 2.40. The van der Waals surface area contributed by atoms with Gasteiger partial charge in [0.1, 0.15) is 0 Å². The van der Waals surface area contributed by atoms with Crippen molar-refractivity contribution in [2.75, 3.05) is 11.9 Å². The van der Waals surface area contributed by atoms with E-state index in [1.165, 1.54) is 18.5 Å². The number of aromatic nitrogens is 2. The molecule has 6 heteroatoms. The molecule has 0 saturated heterocycles. The molecular weight excluding hydrogens is 252 g/mol. The Morgan fingerprint density at radius 3 is 2.83 bits per heavy atom. The predicted molar refractivity (Wildman–Crippen MR) is 74.0 cm³/mol. The van der Waals surface area contributed by atoms with Gasteiger partial charge < -0.3 is 11.1 Å². The fourth-order valence-electron chi connectivity index (χ4n) is 1.81. The van der Waals surface area contributed by atoms with Gasteiger partial charge in [0.05, 0.1) is 0 Å². The lowest BCUT2D eigenvalue weighted by Gasteiger charge is -2.06. The predicted octanol–water partition coefficient (Wildman–Crippen LogP) is 1.74. The molecule has 1 aliphatic rings. The molecule has 1 aliphatic carbocycles. The Kier molecular flexibility index (Phi) is 5.16. The van der Waals surface area contributed by atoms with Crippen molar-refractivity contribution >= 4 is 24.1 Å². The van der Waals surface area contributed by atoms with Gasteiger partial charge in [0.2, 0.25) is 5.91 Å². The molecule has 1 amide bonds. The molecule has 2 rings (SSSR count). The molecule has 0 aromatic carbocycles. The summed E-state index contributed by atoms with van der Waals surface area (Å²) in [6.07, 6.45) is 2.47. The number of aryl methyl sites for hydroxylation is 1. The highest BCUT2D eigenvalue weighted by atomic mass is 35.5. The second kappa shape index (κ2) is 6.20. The molecule has 0 bridgehead atoms. The summed E-state index contributed by atoms with van der Waals surface area (Å²) in [5.41, 5.74) is 6.70. The number of nitrogens with one attached hydrogen (secondary N) is 1. The highest BCUT2D eigenvalue weighted by Gasteiger charge is 2.28. The van der Waals surface area contributed by atoms with Crippen molar-refractivity contribution in [3.05, 3.63) is 11.8 Å². The lowest BCUT2D eigenvalue weighted by atomic mass is 10.2. The first-order valence-corrected chi connectivity index (χ1v) is 6.24. The van der Waals surface area contributed by atoms with Gasteiger partial charge in [-0.2, -0.15) is 5.10 Å². The molecule has 0 spiro atoms. The van der Waals surface area contributed by atoms with Gasteiger partial charge in [-0.05, 0) is 19.8 Å². The molecule has 1 heterocycles. The summed E-state index contributed by atoms with van der Waals surface area (Å²) in [6.45, 7) is 5.07. The van der Waals surface area contributed by atoms with Crippen LogP contribution >= 0.6 is 12.4 Å². The van der Waals surface area contributed by atoms with Crippen molar-refractivity contribution in [2.45, 2.75) is 39.2 Å². The third kappa shape index (κ3) is 3.23. The van der Waals surface area contributed by atoms with Crippen molar-refractivity contribution in [3.63, 3.8) is 0 Å². The maximum Gasteiger partial charge on any atom is 0.229 e. The average molecular weight is 273 g/mol. The van der Waals surface area contributed by atoms with Gasteiger partial charge in [0.25, 0.3) is 0 Å². The van der Waals surface area contributed by atoms with E-state index in [0.29, 0.717) is 18.3 Å². The first kappa shape index (κ1) is 15.0. The van der Waals surface area contributed by atoms with Crippen LogP contribution in [-0.4, -0.2) is 22.2 Å². The SMILES string of the molecule is CCn1nc(NC(=O)C(C)CN)cc1C1CC1.Cl. The van der Waals surface area contributed by atoms with E-state index in [1.807, 2.05) is 17.7 Å². The average Bonchev–Trinajstić information content (AvgIpc) is 3.10. The molecule has 1 saturated carbocycles. The first-order chi connectivity index (χ1) is 8.15. The molecule has 18 heavy (non-hydrogen) atoms. The van der Waals surface area contributed by atoms with E-state index in [9.17, 15) is 4.79 Å². The number of nitrogens with two attached hydrogens (primary N) is 1. The number of rotatable bonds is 5. The lowest BCUT2D eigenvalue weighted by Crippen LogP contribution is -2.26. The number of carbonyl (C=O) groups is 1. The Morgan fingerprint density at radius 2 is 2.33 bits per heavy atom. The molecule has 1 atom stereocenters. The molecule has 1 fully saturated rings. The second-order valence-electron chi connectivity index (χ2n) is 4.67. The maximum absolute atomic E-state index is 11.7. The minimum atomic E-state index is -0.175. The van der Waals surface area contributed by atoms with Gasteiger partial charge in [0, 0.05) is 36.7 Å². The van der Waals surface area contributed by atoms with Crippen LogP contribution in [0.1, 0.15) is 38.3 Å². The Hall–Kier alpha value is -1.07. The number of nitrogens with zero attached hydrogens (tertiary/aromatic N) is 2. The molecule has 1 unspecified atom stereocenters. The topological polar surface area (TPSA) is 72.9 Å². The summed E-state index contributed by atoms with van der Waals surface area (Å²) >= 11 is 0. The van der Waals surface area contributed by atoms with Crippen LogP contribution in [-0.2, 0) is 11.3 Å². The monoisotopic (exact) mass is 272 g/mol. The Labute approximate surface area is 114 Å². The summed E-state index contributed by atoms with van der Waals surface area (Å²) < 4.78 is 1.97. The molecule has 3 N–H and O–H groups in total. The van der Waals surface area contributed by atoms with Crippen LogP contribution in [0.25, 0.3) is 0 Å². The van der Waals surface area contributed by atoms with Crippen molar-refractivity contribution in [1.82, 2.24) is 9.78 Å². The number of halogens is 1. The van der Waals surface area contributed by atoms with Gasteiger partial charge in [0.15, 0.2) is 5.82 Å². The number of anilines is 1. The number of hydrogen-bond donors (Lipinski definition) is 2. The maximum atomic E-state index is 11.7. The third-order valence-electron chi connectivity index (χ3n) is 3.16. The van der Waals surface area contributed by atoms with E-state index >= 15 is 0 Å². The third-order valence-corrected chi connectivity index (χ3v) is 3.16. The first-order valence-electron chi connectivity index (χ1n) is 6.24. The van der Waals surface area contributed by atoms with Crippen LogP contribution in [0, 0.1) is 5.92 Å². The van der Waals surface area contributed by atoms with Crippen molar-refractivity contribution < 1.29 is 4.79 Å². The van der Waals surface area contributed by atoms with E-state index in [2.05, 4.69) is 17.3 Å². The zero-order chi connectivity index (χ0) is 12.4. The van der Waals surface area contributed by atoms with Crippen LogP contribution < -0.4 is 11.1 Å². The molecule has 0 aliphatic heterocycles. The highest BCUT2D eigenvalue weighted by molar-refractivity contribution is 5.91. The lowest BCUT2D eigenvalue weighted by molar-refractivity contribution is -0.119. The summed E-state index contributed by atoms with van der Waals surface area (Å²) in [5.74, 6) is 1.06. The molecule has 102 valence electrons. The quantitative estimate of drug-likeness (QED) is 0.857. The number of amides is 1. The van der Waals surface area contributed by atoms with Crippen LogP contribution in [0.2, 0.25) is 0 Å². The molecule has 5 nitrogen and oxygen atoms in total. The van der Waals surface area contributed by atoms with E-state index in [1.54, 1.807) is 0 Å². The number of hydrogen-bond acceptors (Lipinski definition) is 3. The van der Waals surface area contributed by atoms with Crippen molar-refractivity contribution in [2.24, 2.45) is 11.7 Å². The van der Waals surface area contributed by atoms with Gasteiger partial charge in [-0.3, -0.25) is 9.48 Å². The fraction of sp³-hybridized carbons (Fsp3) is 0.667. The van der Waals surface area contributed by atoms with Crippen LogP contribution in [0.4, 0.5) is 5.82 Å².